The lowest BCUT2D eigenvalue weighted by Gasteiger charge is -2.39. The molecule has 2 rings (SSSR count). The van der Waals surface area contributed by atoms with Crippen molar-refractivity contribution in [2.45, 2.75) is 58.7 Å². The third-order valence-corrected chi connectivity index (χ3v) is 4.31. The van der Waals surface area contributed by atoms with E-state index in [2.05, 4.69) is 34.9 Å². The molecule has 1 aromatic rings. The quantitative estimate of drug-likeness (QED) is 0.841. The molecule has 0 saturated carbocycles. The van der Waals surface area contributed by atoms with Crippen LogP contribution in [0.25, 0.3) is 0 Å². The van der Waals surface area contributed by atoms with Gasteiger partial charge in [-0.05, 0) is 56.0 Å². The Morgan fingerprint density at radius 3 is 2.61 bits per heavy atom. The number of halogens is 1. The van der Waals surface area contributed by atoms with Crippen LogP contribution in [-0.2, 0) is 6.54 Å². The summed E-state index contributed by atoms with van der Waals surface area (Å²) >= 11 is 3.43. The highest BCUT2D eigenvalue weighted by Gasteiger charge is 2.32. The van der Waals surface area contributed by atoms with E-state index >= 15 is 0 Å². The Morgan fingerprint density at radius 1 is 1.44 bits per heavy atom. The van der Waals surface area contributed by atoms with E-state index in [1.807, 2.05) is 11.8 Å². The number of rotatable bonds is 2. The first kappa shape index (κ1) is 13.6. The lowest BCUT2D eigenvalue weighted by atomic mass is 9.97. The number of nitrogens with zero attached hydrogens (tertiary/aromatic N) is 3. The third kappa shape index (κ3) is 2.32. The Balaban J connectivity index is 2.32. The smallest absolute Gasteiger partial charge is 0.273 e. The van der Waals surface area contributed by atoms with Crippen LogP contribution in [0.4, 0.5) is 0 Å². The van der Waals surface area contributed by atoms with Crippen LogP contribution in [-0.4, -0.2) is 32.7 Å². The molecule has 18 heavy (non-hydrogen) atoms. The zero-order valence-electron chi connectivity index (χ0n) is 11.2. The van der Waals surface area contributed by atoms with Crippen molar-refractivity contribution >= 4 is 21.8 Å². The van der Waals surface area contributed by atoms with Gasteiger partial charge in [-0.2, -0.15) is 5.10 Å². The van der Waals surface area contributed by atoms with Crippen molar-refractivity contribution in [3.05, 3.63) is 16.4 Å². The molecular weight excluding hydrogens is 294 g/mol. The maximum absolute atomic E-state index is 12.7. The minimum Gasteiger partial charge on any atom is -0.332 e. The highest BCUT2D eigenvalue weighted by molar-refractivity contribution is 9.10. The molecule has 0 radical (unpaired) electrons. The number of aryl methyl sites for hydroxylation is 1. The van der Waals surface area contributed by atoms with Crippen molar-refractivity contribution in [1.29, 1.82) is 0 Å². The van der Waals surface area contributed by atoms with Gasteiger partial charge in [0.15, 0.2) is 0 Å². The van der Waals surface area contributed by atoms with Gasteiger partial charge in [-0.25, -0.2) is 0 Å². The average Bonchev–Trinajstić information content (AvgIpc) is 2.70. The second-order valence-corrected chi connectivity index (χ2v) is 5.85. The molecule has 1 aliphatic heterocycles. The monoisotopic (exact) mass is 313 g/mol. The Morgan fingerprint density at radius 2 is 2.06 bits per heavy atom. The van der Waals surface area contributed by atoms with E-state index < -0.39 is 0 Å². The van der Waals surface area contributed by atoms with Crippen molar-refractivity contribution in [3.63, 3.8) is 0 Å². The lowest BCUT2D eigenvalue weighted by Crippen LogP contribution is -2.48. The van der Waals surface area contributed by atoms with E-state index in [0.29, 0.717) is 24.3 Å². The predicted molar refractivity (Wildman–Crippen MR) is 74.5 cm³/mol. The maximum Gasteiger partial charge on any atom is 0.273 e. The first-order valence-electron chi connectivity index (χ1n) is 6.60. The van der Waals surface area contributed by atoms with Crippen LogP contribution in [0.1, 0.15) is 50.5 Å². The van der Waals surface area contributed by atoms with Crippen LogP contribution in [0, 0.1) is 0 Å². The van der Waals surface area contributed by atoms with Crippen molar-refractivity contribution in [3.8, 4) is 0 Å². The topological polar surface area (TPSA) is 38.1 Å². The molecule has 0 spiro atoms. The molecule has 0 aliphatic carbocycles. The highest BCUT2D eigenvalue weighted by Crippen LogP contribution is 2.27. The largest absolute Gasteiger partial charge is 0.332 e. The van der Waals surface area contributed by atoms with E-state index in [0.717, 1.165) is 17.3 Å². The SMILES string of the molecule is CCn1ncc(Br)c1C(=O)N1[C@H](C)CCC[C@H]1C. The highest BCUT2D eigenvalue weighted by atomic mass is 79.9. The van der Waals surface area contributed by atoms with Gasteiger partial charge in [-0.15, -0.1) is 0 Å². The number of carbonyl (C=O) groups excluding carboxylic acids is 1. The molecule has 5 heteroatoms. The number of carbonyl (C=O) groups is 1. The maximum atomic E-state index is 12.7. The van der Waals surface area contributed by atoms with E-state index in [-0.39, 0.29) is 5.91 Å². The minimum atomic E-state index is 0.0981. The van der Waals surface area contributed by atoms with Gasteiger partial charge in [0.25, 0.3) is 5.91 Å². The van der Waals surface area contributed by atoms with Crippen molar-refractivity contribution < 1.29 is 4.79 Å². The standard InChI is InChI=1S/C13H20BrN3O/c1-4-16-12(11(14)8-15-16)13(18)17-9(2)6-5-7-10(17)3/h8-10H,4-7H2,1-3H3/t9-,10-/m1/s1. The second-order valence-electron chi connectivity index (χ2n) is 5.00. The molecule has 100 valence electrons. The van der Waals surface area contributed by atoms with Crippen molar-refractivity contribution in [2.24, 2.45) is 0 Å². The summed E-state index contributed by atoms with van der Waals surface area (Å²) in [5.41, 5.74) is 0.679. The van der Waals surface area contributed by atoms with Gasteiger partial charge >= 0.3 is 0 Å². The summed E-state index contributed by atoms with van der Waals surface area (Å²) in [5.74, 6) is 0.0981. The summed E-state index contributed by atoms with van der Waals surface area (Å²) in [7, 11) is 0. The van der Waals surface area contributed by atoms with Gasteiger partial charge in [0.2, 0.25) is 0 Å². The van der Waals surface area contributed by atoms with Crippen LogP contribution in [0.3, 0.4) is 0 Å². The van der Waals surface area contributed by atoms with Gasteiger partial charge in [-0.3, -0.25) is 9.48 Å². The number of aromatic nitrogens is 2. The molecule has 1 amide bonds. The number of likely N-dealkylation sites (tertiary alicyclic amines) is 1. The Labute approximate surface area is 116 Å². The van der Waals surface area contributed by atoms with E-state index in [4.69, 9.17) is 0 Å². The van der Waals surface area contributed by atoms with Gasteiger partial charge in [-0.1, -0.05) is 0 Å². The molecule has 0 unspecified atom stereocenters. The second kappa shape index (κ2) is 5.43. The first-order valence-corrected chi connectivity index (χ1v) is 7.39. The van der Waals surface area contributed by atoms with Crippen LogP contribution in [0.5, 0.6) is 0 Å². The molecule has 2 heterocycles. The van der Waals surface area contributed by atoms with Crippen LogP contribution < -0.4 is 0 Å². The molecule has 1 fully saturated rings. The summed E-state index contributed by atoms with van der Waals surface area (Å²) in [6, 6.07) is 0.627. The Hall–Kier alpha value is -0.840. The van der Waals surface area contributed by atoms with Gasteiger partial charge in [0.1, 0.15) is 5.69 Å². The lowest BCUT2D eigenvalue weighted by molar-refractivity contribution is 0.0497. The summed E-state index contributed by atoms with van der Waals surface area (Å²) in [6.07, 6.45) is 5.10. The summed E-state index contributed by atoms with van der Waals surface area (Å²) < 4.78 is 2.56. The van der Waals surface area contributed by atoms with E-state index in [9.17, 15) is 4.79 Å². The first-order chi connectivity index (χ1) is 8.56. The Kier molecular flexibility index (Phi) is 4.10. The fraction of sp³-hybridized carbons (Fsp3) is 0.692. The minimum absolute atomic E-state index is 0.0981. The van der Waals surface area contributed by atoms with Crippen molar-refractivity contribution in [2.75, 3.05) is 0 Å². The number of hydrogen-bond donors (Lipinski definition) is 0. The third-order valence-electron chi connectivity index (χ3n) is 3.72. The average molecular weight is 314 g/mol. The molecule has 0 bridgehead atoms. The number of hydrogen-bond acceptors (Lipinski definition) is 2. The molecule has 1 aliphatic rings. The molecule has 0 N–H and O–H groups in total. The molecular formula is C13H20BrN3O. The zero-order valence-corrected chi connectivity index (χ0v) is 12.8. The van der Waals surface area contributed by atoms with Gasteiger partial charge in [0, 0.05) is 18.6 Å². The molecule has 1 saturated heterocycles. The summed E-state index contributed by atoms with van der Waals surface area (Å²) in [4.78, 5) is 14.7. The van der Waals surface area contributed by atoms with Gasteiger partial charge < -0.3 is 4.90 Å². The molecule has 1 aromatic heterocycles. The summed E-state index contributed by atoms with van der Waals surface area (Å²) in [5, 5.41) is 4.22. The number of amides is 1. The predicted octanol–water partition coefficient (Wildman–Crippen LogP) is 3.07. The number of piperidine rings is 1. The molecule has 0 aromatic carbocycles. The molecule has 2 atom stereocenters. The fourth-order valence-electron chi connectivity index (χ4n) is 2.76. The summed E-state index contributed by atoms with van der Waals surface area (Å²) in [6.45, 7) is 6.98. The van der Waals surface area contributed by atoms with Crippen LogP contribution >= 0.6 is 15.9 Å². The normalized spacial score (nSPS) is 24.3. The van der Waals surface area contributed by atoms with E-state index in [1.54, 1.807) is 10.9 Å². The van der Waals surface area contributed by atoms with Crippen LogP contribution in [0.15, 0.2) is 10.7 Å². The molecule has 4 nitrogen and oxygen atoms in total. The van der Waals surface area contributed by atoms with Crippen LogP contribution in [0.2, 0.25) is 0 Å². The fourth-order valence-corrected chi connectivity index (χ4v) is 3.22. The van der Waals surface area contributed by atoms with E-state index in [1.165, 1.54) is 6.42 Å². The van der Waals surface area contributed by atoms with Crippen molar-refractivity contribution in [1.82, 2.24) is 14.7 Å². The van der Waals surface area contributed by atoms with Gasteiger partial charge in [0.05, 0.1) is 10.7 Å². The Bertz CT molecular complexity index is 433. The zero-order chi connectivity index (χ0) is 13.3.